The zero-order valence-corrected chi connectivity index (χ0v) is 16.1. The molecule has 0 saturated carbocycles. The van der Waals surface area contributed by atoms with Crippen molar-refractivity contribution in [3.05, 3.63) is 106 Å². The number of hydrogen-bond donors (Lipinski definition) is 0. The first kappa shape index (κ1) is 19.1. The number of carbonyl (C=O) groups excluding carboxylic acids is 1. The number of carbonyl (C=O) groups is 1. The minimum Gasteiger partial charge on any atom is -0.490 e. The molecule has 0 amide bonds. The van der Waals surface area contributed by atoms with Gasteiger partial charge in [0.15, 0.2) is 5.75 Å². The molecule has 6 nitrogen and oxygen atoms in total. The second kappa shape index (κ2) is 8.05. The lowest BCUT2D eigenvalue weighted by Crippen LogP contribution is -1.98. The number of hydrogen-bond acceptors (Lipinski definition) is 5. The first-order chi connectivity index (χ1) is 14.5. The molecule has 1 heterocycles. The van der Waals surface area contributed by atoms with Gasteiger partial charge >= 0.3 is 11.7 Å². The summed E-state index contributed by atoms with van der Waals surface area (Å²) in [5, 5.41) is 11.2. The largest absolute Gasteiger partial charge is 0.490 e. The Morgan fingerprint density at radius 3 is 2.27 bits per heavy atom. The van der Waals surface area contributed by atoms with Crippen molar-refractivity contribution in [3.8, 4) is 16.9 Å². The van der Waals surface area contributed by atoms with Crippen LogP contribution >= 0.6 is 0 Å². The van der Waals surface area contributed by atoms with E-state index >= 15 is 0 Å². The second-order valence-electron chi connectivity index (χ2n) is 6.63. The van der Waals surface area contributed by atoms with Crippen LogP contribution in [0, 0.1) is 10.1 Å². The monoisotopic (exact) mass is 399 g/mol. The first-order valence-electron chi connectivity index (χ1n) is 9.19. The Balaban J connectivity index is 1.62. The predicted octanol–water partition coefficient (Wildman–Crippen LogP) is 5.25. The Bertz CT molecular complexity index is 1180. The van der Waals surface area contributed by atoms with E-state index in [-0.39, 0.29) is 11.4 Å². The first-order valence-corrected chi connectivity index (χ1v) is 9.19. The van der Waals surface area contributed by atoms with E-state index in [0.29, 0.717) is 16.9 Å². The molecule has 3 aromatic carbocycles. The fourth-order valence-electron chi connectivity index (χ4n) is 3.21. The fourth-order valence-corrected chi connectivity index (χ4v) is 3.21. The van der Waals surface area contributed by atoms with Gasteiger partial charge in [-0.1, -0.05) is 60.7 Å². The number of cyclic esters (lactones) is 1. The molecule has 0 atom stereocenters. The summed E-state index contributed by atoms with van der Waals surface area (Å²) in [5.41, 5.74) is 3.59. The van der Waals surface area contributed by atoms with Gasteiger partial charge in [0.1, 0.15) is 5.76 Å². The molecular formula is C24H17NO5. The quantitative estimate of drug-likeness (QED) is 0.253. The van der Waals surface area contributed by atoms with Crippen LogP contribution in [0.15, 0.2) is 84.4 Å². The molecule has 0 aromatic heterocycles. The topological polar surface area (TPSA) is 78.7 Å². The number of benzene rings is 3. The summed E-state index contributed by atoms with van der Waals surface area (Å²) in [6.45, 7) is 0. The molecule has 1 aliphatic heterocycles. The van der Waals surface area contributed by atoms with Crippen molar-refractivity contribution in [1.82, 2.24) is 0 Å². The zero-order valence-electron chi connectivity index (χ0n) is 16.1. The maximum Gasteiger partial charge on any atom is 0.343 e. The summed E-state index contributed by atoms with van der Waals surface area (Å²) in [6.07, 6.45) is 3.19. The van der Waals surface area contributed by atoms with Crippen LogP contribution in [0.5, 0.6) is 5.75 Å². The number of methoxy groups -OCH3 is 1. The highest BCUT2D eigenvalue weighted by molar-refractivity contribution is 6.05. The molecule has 0 saturated heterocycles. The molecule has 0 radical (unpaired) electrons. The van der Waals surface area contributed by atoms with E-state index in [0.717, 1.165) is 16.7 Å². The third-order valence-corrected chi connectivity index (χ3v) is 4.72. The number of ether oxygens (including phenoxy) is 2. The summed E-state index contributed by atoms with van der Waals surface area (Å²) in [4.78, 5) is 23.0. The SMILES string of the molecule is COc1ccc(/C=C2\C=C(c3ccc(-c4ccccc4)cc3)OC2=O)cc1[N+](=O)[O-]. The van der Waals surface area contributed by atoms with Crippen LogP contribution in [0.1, 0.15) is 11.1 Å². The Morgan fingerprint density at radius 2 is 1.60 bits per heavy atom. The molecule has 0 unspecified atom stereocenters. The van der Waals surface area contributed by atoms with E-state index in [9.17, 15) is 14.9 Å². The van der Waals surface area contributed by atoms with Crippen LogP contribution in [0.2, 0.25) is 0 Å². The third kappa shape index (κ3) is 3.84. The van der Waals surface area contributed by atoms with E-state index in [1.54, 1.807) is 18.2 Å². The number of nitro benzene ring substituents is 1. The third-order valence-electron chi connectivity index (χ3n) is 4.72. The van der Waals surface area contributed by atoms with E-state index < -0.39 is 10.9 Å². The predicted molar refractivity (Wildman–Crippen MR) is 114 cm³/mol. The molecule has 0 N–H and O–H groups in total. The molecule has 0 bridgehead atoms. The maximum absolute atomic E-state index is 12.3. The lowest BCUT2D eigenvalue weighted by Gasteiger charge is -2.05. The smallest absolute Gasteiger partial charge is 0.343 e. The maximum atomic E-state index is 12.3. The van der Waals surface area contributed by atoms with Crippen molar-refractivity contribution >= 4 is 23.5 Å². The summed E-state index contributed by atoms with van der Waals surface area (Å²) in [7, 11) is 1.37. The van der Waals surface area contributed by atoms with E-state index in [4.69, 9.17) is 9.47 Å². The molecule has 6 heteroatoms. The Hall–Kier alpha value is -4.19. The van der Waals surface area contributed by atoms with Crippen LogP contribution in [0.25, 0.3) is 23.0 Å². The highest BCUT2D eigenvalue weighted by Gasteiger charge is 2.23. The molecule has 30 heavy (non-hydrogen) atoms. The highest BCUT2D eigenvalue weighted by Crippen LogP contribution is 2.32. The minimum atomic E-state index is -0.524. The van der Waals surface area contributed by atoms with Gasteiger partial charge in [0.05, 0.1) is 17.6 Å². The fraction of sp³-hybridized carbons (Fsp3) is 0.0417. The summed E-state index contributed by atoms with van der Waals surface area (Å²) in [5.74, 6) is 0.0929. The van der Waals surface area contributed by atoms with Crippen molar-refractivity contribution in [2.45, 2.75) is 0 Å². The number of nitrogens with zero attached hydrogens (tertiary/aromatic N) is 1. The lowest BCUT2D eigenvalue weighted by molar-refractivity contribution is -0.385. The van der Waals surface area contributed by atoms with Crippen molar-refractivity contribution < 1.29 is 19.2 Å². The van der Waals surface area contributed by atoms with E-state index in [1.807, 2.05) is 54.6 Å². The average Bonchev–Trinajstić information content (AvgIpc) is 3.14. The van der Waals surface area contributed by atoms with E-state index in [2.05, 4.69) is 0 Å². The van der Waals surface area contributed by atoms with Gasteiger partial charge in [-0.15, -0.1) is 0 Å². The van der Waals surface area contributed by atoms with Crippen molar-refractivity contribution in [2.75, 3.05) is 7.11 Å². The molecular weight excluding hydrogens is 382 g/mol. The van der Waals surface area contributed by atoms with Crippen molar-refractivity contribution in [1.29, 1.82) is 0 Å². The Kier molecular flexibility index (Phi) is 5.13. The second-order valence-corrected chi connectivity index (χ2v) is 6.63. The molecule has 0 fully saturated rings. The van der Waals surface area contributed by atoms with Crippen LogP contribution in [-0.2, 0) is 9.53 Å². The lowest BCUT2D eigenvalue weighted by atomic mass is 10.0. The van der Waals surface area contributed by atoms with Gasteiger partial charge in [-0.3, -0.25) is 10.1 Å². The van der Waals surface area contributed by atoms with Crippen LogP contribution in [0.4, 0.5) is 5.69 Å². The number of rotatable bonds is 5. The van der Waals surface area contributed by atoms with E-state index in [1.165, 1.54) is 19.2 Å². The van der Waals surface area contributed by atoms with Gasteiger partial charge in [-0.05, 0) is 34.9 Å². The van der Waals surface area contributed by atoms with Gasteiger partial charge in [-0.2, -0.15) is 0 Å². The summed E-state index contributed by atoms with van der Waals surface area (Å²) < 4.78 is 10.4. The molecule has 0 spiro atoms. The number of esters is 1. The molecule has 1 aliphatic rings. The van der Waals surface area contributed by atoms with Gasteiger partial charge in [-0.25, -0.2) is 4.79 Å². The van der Waals surface area contributed by atoms with Crippen molar-refractivity contribution in [2.24, 2.45) is 0 Å². The normalized spacial score (nSPS) is 14.4. The Labute approximate surface area is 172 Å². The molecule has 148 valence electrons. The van der Waals surface area contributed by atoms with Gasteiger partial charge < -0.3 is 9.47 Å². The summed E-state index contributed by atoms with van der Waals surface area (Å²) in [6, 6.07) is 22.2. The highest BCUT2D eigenvalue weighted by atomic mass is 16.6. The zero-order chi connectivity index (χ0) is 21.1. The molecule has 4 rings (SSSR count). The summed E-state index contributed by atoms with van der Waals surface area (Å²) >= 11 is 0. The molecule has 3 aromatic rings. The van der Waals surface area contributed by atoms with Crippen LogP contribution in [-0.4, -0.2) is 18.0 Å². The average molecular weight is 399 g/mol. The number of nitro groups is 1. The molecule has 0 aliphatic carbocycles. The van der Waals surface area contributed by atoms with Crippen molar-refractivity contribution in [3.63, 3.8) is 0 Å². The Morgan fingerprint density at radius 1 is 0.933 bits per heavy atom. The van der Waals surface area contributed by atoms with Gasteiger partial charge in [0.25, 0.3) is 0 Å². The van der Waals surface area contributed by atoms with Gasteiger partial charge in [0, 0.05) is 11.6 Å². The van der Waals surface area contributed by atoms with Gasteiger partial charge in [0.2, 0.25) is 0 Å². The van der Waals surface area contributed by atoms with Crippen LogP contribution < -0.4 is 4.74 Å². The minimum absolute atomic E-state index is 0.158. The standard InChI is InChI=1S/C24H17NO5/c1-29-22-12-7-16(14-21(22)25(27)28)13-20-15-23(30-24(20)26)19-10-8-18(9-11-19)17-5-3-2-4-6-17/h2-15H,1H3/b20-13+. The van der Waals surface area contributed by atoms with Crippen LogP contribution in [0.3, 0.4) is 0 Å².